The van der Waals surface area contributed by atoms with Crippen molar-refractivity contribution in [3.8, 4) is 0 Å². The van der Waals surface area contributed by atoms with Crippen LogP contribution in [0.25, 0.3) is 0 Å². The van der Waals surface area contributed by atoms with Crippen molar-refractivity contribution in [2.75, 3.05) is 26.2 Å². The molecule has 0 spiro atoms. The molecular weight excluding hydrogens is 400 g/mol. The summed E-state index contributed by atoms with van der Waals surface area (Å²) >= 11 is 6.08. The largest absolute Gasteiger partial charge is 0.382 e. The Balaban J connectivity index is 1.32. The zero-order valence-corrected chi connectivity index (χ0v) is 16.4. The number of oxime groups is 1. The lowest BCUT2D eigenvalue weighted by molar-refractivity contribution is -0.143. The molecule has 2 aliphatic heterocycles. The summed E-state index contributed by atoms with van der Waals surface area (Å²) in [6, 6.07) is 11.1. The van der Waals surface area contributed by atoms with Gasteiger partial charge in [0.05, 0.1) is 16.3 Å². The Morgan fingerprint density at radius 1 is 1.07 bits per heavy atom. The number of nitrogens with zero attached hydrogens (tertiary/aromatic N) is 3. The maximum atomic E-state index is 14.1. The maximum Gasteiger partial charge on any atom is 0.266 e. The molecule has 1 amide bonds. The van der Waals surface area contributed by atoms with E-state index in [0.29, 0.717) is 44.0 Å². The molecule has 0 aromatic heterocycles. The van der Waals surface area contributed by atoms with Crippen LogP contribution in [0.15, 0.2) is 47.6 Å². The fourth-order valence-corrected chi connectivity index (χ4v) is 3.90. The zero-order valence-electron chi connectivity index (χ0n) is 15.7. The number of rotatable bonds is 4. The summed E-state index contributed by atoms with van der Waals surface area (Å²) in [7, 11) is 0. The fourth-order valence-electron chi connectivity index (χ4n) is 3.63. The second kappa shape index (κ2) is 8.47. The number of hydrogen-bond acceptors (Lipinski definition) is 4. The summed E-state index contributed by atoms with van der Waals surface area (Å²) in [6.45, 7) is 2.82. The van der Waals surface area contributed by atoms with Crippen molar-refractivity contribution in [1.82, 2.24) is 9.80 Å². The number of halogens is 3. The minimum Gasteiger partial charge on any atom is -0.382 e. The van der Waals surface area contributed by atoms with Crippen molar-refractivity contribution in [3.05, 3.63) is 70.2 Å². The second-order valence-corrected chi connectivity index (χ2v) is 7.53. The summed E-state index contributed by atoms with van der Waals surface area (Å²) in [5.41, 5.74) is 1.16. The third kappa shape index (κ3) is 4.26. The van der Waals surface area contributed by atoms with Gasteiger partial charge in [0.15, 0.2) is 0 Å². The Hall–Kier alpha value is -2.51. The van der Waals surface area contributed by atoms with Crippen molar-refractivity contribution in [3.63, 3.8) is 0 Å². The monoisotopic (exact) mass is 419 g/mol. The highest BCUT2D eigenvalue weighted by Gasteiger charge is 2.35. The molecule has 4 rings (SSSR count). The number of piperazine rings is 1. The molecule has 1 saturated heterocycles. The topological polar surface area (TPSA) is 45.1 Å². The van der Waals surface area contributed by atoms with E-state index in [1.807, 2.05) is 6.07 Å². The highest BCUT2D eigenvalue weighted by Crippen LogP contribution is 2.26. The van der Waals surface area contributed by atoms with Crippen LogP contribution in [-0.2, 0) is 16.2 Å². The normalized spacial score (nSPS) is 19.8. The van der Waals surface area contributed by atoms with Crippen molar-refractivity contribution in [1.29, 1.82) is 0 Å². The summed E-state index contributed by atoms with van der Waals surface area (Å²) in [4.78, 5) is 21.9. The van der Waals surface area contributed by atoms with Crippen LogP contribution in [0.2, 0.25) is 5.02 Å². The van der Waals surface area contributed by atoms with Crippen molar-refractivity contribution in [2.45, 2.75) is 19.1 Å². The van der Waals surface area contributed by atoms with Crippen LogP contribution in [0.3, 0.4) is 0 Å². The standard InChI is InChI=1S/C21H20ClF2N3O2/c22-15-5-3-7-17(24)20(15)18-12-19(29-25-18)21(28)27-10-8-26(9-11-27)13-14-4-1-2-6-16(14)23/h1-7,19H,8-13H2. The first-order chi connectivity index (χ1) is 14.0. The predicted molar refractivity (Wildman–Crippen MR) is 106 cm³/mol. The van der Waals surface area contributed by atoms with Gasteiger partial charge in [-0.05, 0) is 18.2 Å². The van der Waals surface area contributed by atoms with Gasteiger partial charge in [0.25, 0.3) is 5.91 Å². The van der Waals surface area contributed by atoms with E-state index < -0.39 is 11.9 Å². The molecule has 2 aliphatic rings. The lowest BCUT2D eigenvalue weighted by Crippen LogP contribution is -2.51. The third-order valence-electron chi connectivity index (χ3n) is 5.23. The number of benzene rings is 2. The lowest BCUT2D eigenvalue weighted by Gasteiger charge is -2.35. The van der Waals surface area contributed by atoms with Crippen molar-refractivity contribution < 1.29 is 18.4 Å². The minimum absolute atomic E-state index is 0.176. The third-order valence-corrected chi connectivity index (χ3v) is 5.55. The molecule has 2 aromatic rings. The van der Waals surface area contributed by atoms with Crippen LogP contribution in [0.1, 0.15) is 17.5 Å². The molecule has 0 N–H and O–H groups in total. The van der Waals surface area contributed by atoms with Gasteiger partial charge in [-0.25, -0.2) is 8.78 Å². The van der Waals surface area contributed by atoms with Gasteiger partial charge in [-0.3, -0.25) is 9.69 Å². The summed E-state index contributed by atoms with van der Waals surface area (Å²) < 4.78 is 27.9. The fraction of sp³-hybridized carbons (Fsp3) is 0.333. The van der Waals surface area contributed by atoms with Crippen LogP contribution < -0.4 is 0 Å². The number of carbonyl (C=O) groups is 1. The predicted octanol–water partition coefficient (Wildman–Crippen LogP) is 3.46. The van der Waals surface area contributed by atoms with Crippen molar-refractivity contribution in [2.24, 2.45) is 5.16 Å². The van der Waals surface area contributed by atoms with Gasteiger partial charge in [0.1, 0.15) is 11.6 Å². The smallest absolute Gasteiger partial charge is 0.266 e. The van der Waals surface area contributed by atoms with E-state index in [-0.39, 0.29) is 28.7 Å². The summed E-state index contributed by atoms with van der Waals surface area (Å²) in [6.07, 6.45) is -0.603. The highest BCUT2D eigenvalue weighted by atomic mass is 35.5. The average Bonchev–Trinajstić information content (AvgIpc) is 3.19. The second-order valence-electron chi connectivity index (χ2n) is 7.13. The van der Waals surface area contributed by atoms with E-state index in [9.17, 15) is 13.6 Å². The molecule has 1 fully saturated rings. The van der Waals surface area contributed by atoms with Crippen molar-refractivity contribution >= 4 is 23.2 Å². The van der Waals surface area contributed by atoms with E-state index >= 15 is 0 Å². The van der Waals surface area contributed by atoms with Gasteiger partial charge < -0.3 is 9.74 Å². The molecule has 5 nitrogen and oxygen atoms in total. The number of carbonyl (C=O) groups excluding carboxylic acids is 1. The molecule has 2 aromatic carbocycles. The average molecular weight is 420 g/mol. The SMILES string of the molecule is O=C(C1CC(c2c(F)cccc2Cl)=NO1)N1CCN(Cc2ccccc2F)CC1. The highest BCUT2D eigenvalue weighted by molar-refractivity contribution is 6.34. The quantitative estimate of drug-likeness (QED) is 0.762. The first-order valence-electron chi connectivity index (χ1n) is 9.44. The van der Waals surface area contributed by atoms with Gasteiger partial charge in [-0.15, -0.1) is 0 Å². The van der Waals surface area contributed by atoms with Crippen LogP contribution in [0.4, 0.5) is 8.78 Å². The molecule has 29 heavy (non-hydrogen) atoms. The van der Waals surface area contributed by atoms with E-state index in [2.05, 4.69) is 10.1 Å². The molecule has 152 valence electrons. The van der Waals surface area contributed by atoms with Gasteiger partial charge >= 0.3 is 0 Å². The molecule has 2 heterocycles. The molecule has 1 unspecified atom stereocenters. The first kappa shape index (κ1) is 19.8. The van der Waals surface area contributed by atoms with Crippen LogP contribution in [-0.4, -0.2) is 53.7 Å². The van der Waals surface area contributed by atoms with E-state index in [1.54, 1.807) is 23.1 Å². The number of hydrogen-bond donors (Lipinski definition) is 0. The summed E-state index contributed by atoms with van der Waals surface area (Å²) in [5.74, 6) is -0.890. The zero-order chi connectivity index (χ0) is 20.4. The molecular formula is C21H20ClF2N3O2. The molecule has 0 saturated carbocycles. The molecule has 8 heteroatoms. The van der Waals surface area contributed by atoms with Gasteiger partial charge in [-0.2, -0.15) is 0 Å². The maximum absolute atomic E-state index is 14.1. The molecule has 0 bridgehead atoms. The van der Waals surface area contributed by atoms with E-state index in [0.717, 1.165) is 0 Å². The van der Waals surface area contributed by atoms with E-state index in [1.165, 1.54) is 18.2 Å². The van der Waals surface area contributed by atoms with Crippen LogP contribution in [0.5, 0.6) is 0 Å². The first-order valence-corrected chi connectivity index (χ1v) is 9.82. The van der Waals surface area contributed by atoms with Crippen LogP contribution in [0, 0.1) is 11.6 Å². The Kier molecular flexibility index (Phi) is 5.78. The van der Waals surface area contributed by atoms with Crippen LogP contribution >= 0.6 is 11.6 Å². The molecule has 0 aliphatic carbocycles. The van der Waals surface area contributed by atoms with E-state index in [4.69, 9.17) is 16.4 Å². The van der Waals surface area contributed by atoms with Gasteiger partial charge in [0.2, 0.25) is 6.10 Å². The van der Waals surface area contributed by atoms with Gasteiger partial charge in [0, 0.05) is 44.7 Å². The molecule has 1 atom stereocenters. The lowest BCUT2D eigenvalue weighted by atomic mass is 10.0. The Morgan fingerprint density at radius 2 is 1.79 bits per heavy atom. The molecule has 0 radical (unpaired) electrons. The Labute approximate surface area is 172 Å². The summed E-state index contributed by atoms with van der Waals surface area (Å²) in [5, 5.41) is 4.14. The minimum atomic E-state index is -0.779. The Morgan fingerprint density at radius 3 is 2.52 bits per heavy atom. The van der Waals surface area contributed by atoms with Gasteiger partial charge in [-0.1, -0.05) is 41.0 Å². The Bertz CT molecular complexity index is 925. The number of amides is 1.